The van der Waals surface area contributed by atoms with Crippen molar-refractivity contribution in [2.24, 2.45) is 0 Å². The molecule has 0 aromatic heterocycles. The van der Waals surface area contributed by atoms with Crippen molar-refractivity contribution in [1.82, 2.24) is 5.32 Å². The lowest BCUT2D eigenvalue weighted by molar-refractivity contribution is -0.109. The fourth-order valence-electron chi connectivity index (χ4n) is 1.61. The number of hydrogen-bond donors (Lipinski definition) is 1. The second kappa shape index (κ2) is 13.5. The summed E-state index contributed by atoms with van der Waals surface area (Å²) >= 11 is 7.07. The Balaban J connectivity index is 2.96. The van der Waals surface area contributed by atoms with Crippen LogP contribution in [-0.2, 0) is 4.79 Å². The molecule has 0 rings (SSSR count). The van der Waals surface area contributed by atoms with Gasteiger partial charge in [0.2, 0.25) is 6.41 Å². The quantitative estimate of drug-likeness (QED) is 0.319. The van der Waals surface area contributed by atoms with Crippen LogP contribution >= 0.6 is 31.9 Å². The van der Waals surface area contributed by atoms with E-state index in [1.54, 1.807) is 0 Å². The average molecular weight is 357 g/mol. The molecule has 0 aliphatic carbocycles. The highest BCUT2D eigenvalue weighted by Crippen LogP contribution is 2.14. The molecule has 1 N–H and O–H groups in total. The van der Waals surface area contributed by atoms with Gasteiger partial charge in [0, 0.05) is 16.7 Å². The van der Waals surface area contributed by atoms with Gasteiger partial charge >= 0.3 is 0 Å². The molecule has 96 valence electrons. The first-order valence-corrected chi connectivity index (χ1v) is 8.22. The van der Waals surface area contributed by atoms with Gasteiger partial charge in [0.15, 0.2) is 0 Å². The molecule has 0 fully saturated rings. The summed E-state index contributed by atoms with van der Waals surface area (Å²) in [5, 5.41) is 3.74. The van der Waals surface area contributed by atoms with E-state index in [-0.39, 0.29) is 0 Å². The Morgan fingerprint density at radius 2 is 1.56 bits per heavy atom. The Bertz CT molecular complexity index is 156. The molecule has 0 aromatic carbocycles. The van der Waals surface area contributed by atoms with E-state index in [4.69, 9.17) is 0 Å². The van der Waals surface area contributed by atoms with E-state index in [9.17, 15) is 4.79 Å². The average Bonchev–Trinajstić information content (AvgIpc) is 2.31. The molecule has 0 aliphatic rings. The van der Waals surface area contributed by atoms with Crippen LogP contribution in [0.3, 0.4) is 0 Å². The molecule has 0 saturated carbocycles. The number of unbranched alkanes of at least 4 members (excludes halogenated alkanes) is 6. The van der Waals surface area contributed by atoms with Gasteiger partial charge in [-0.3, -0.25) is 4.79 Å². The van der Waals surface area contributed by atoms with Crippen molar-refractivity contribution in [3.05, 3.63) is 0 Å². The van der Waals surface area contributed by atoms with Crippen molar-refractivity contribution in [2.75, 3.05) is 11.9 Å². The first kappa shape index (κ1) is 16.4. The third kappa shape index (κ3) is 12.5. The molecule has 0 bridgehead atoms. The minimum atomic E-state index is 0.641. The van der Waals surface area contributed by atoms with E-state index in [1.165, 1.54) is 44.9 Å². The normalized spacial score (nSPS) is 12.4. The summed E-state index contributed by atoms with van der Waals surface area (Å²) in [6.07, 6.45) is 11.1. The van der Waals surface area contributed by atoms with Crippen LogP contribution in [0.2, 0.25) is 0 Å². The second-order valence-electron chi connectivity index (χ2n) is 4.09. The van der Waals surface area contributed by atoms with Crippen LogP contribution in [0, 0.1) is 0 Å². The Morgan fingerprint density at radius 3 is 2.12 bits per heavy atom. The van der Waals surface area contributed by atoms with Crippen molar-refractivity contribution in [2.45, 2.75) is 56.2 Å². The Morgan fingerprint density at radius 1 is 1.00 bits per heavy atom. The number of alkyl halides is 2. The van der Waals surface area contributed by atoms with Crippen LogP contribution < -0.4 is 5.32 Å². The number of hydrogen-bond acceptors (Lipinski definition) is 1. The maximum absolute atomic E-state index is 9.97. The summed E-state index contributed by atoms with van der Waals surface area (Å²) in [6, 6.07) is 0. The molecule has 16 heavy (non-hydrogen) atoms. The highest BCUT2D eigenvalue weighted by molar-refractivity contribution is 9.12. The topological polar surface area (TPSA) is 29.1 Å². The third-order valence-corrected chi connectivity index (χ3v) is 5.02. The highest BCUT2D eigenvalue weighted by atomic mass is 79.9. The SMILES string of the molecule is O=CNCCCCCCCCCC(Br)CBr. The zero-order valence-electron chi connectivity index (χ0n) is 9.89. The molecule has 0 aromatic rings. The molecule has 2 nitrogen and oxygen atoms in total. The maximum atomic E-state index is 9.97. The van der Waals surface area contributed by atoms with Crippen LogP contribution in [-0.4, -0.2) is 23.1 Å². The number of nitrogens with one attached hydrogen (secondary N) is 1. The van der Waals surface area contributed by atoms with Gasteiger partial charge in [0.05, 0.1) is 0 Å². The molecule has 0 radical (unpaired) electrons. The molecule has 4 heteroatoms. The van der Waals surface area contributed by atoms with Crippen molar-refractivity contribution < 1.29 is 4.79 Å². The summed E-state index contributed by atoms with van der Waals surface area (Å²) in [4.78, 5) is 10.6. The number of carbonyl (C=O) groups excluding carboxylic acids is 1. The van der Waals surface area contributed by atoms with Gasteiger partial charge in [0.1, 0.15) is 0 Å². The third-order valence-electron chi connectivity index (χ3n) is 2.59. The van der Waals surface area contributed by atoms with E-state index in [0.29, 0.717) is 4.83 Å². The minimum absolute atomic E-state index is 0.641. The summed E-state index contributed by atoms with van der Waals surface area (Å²) in [6.45, 7) is 0.833. The van der Waals surface area contributed by atoms with Gasteiger partial charge in [-0.25, -0.2) is 0 Å². The highest BCUT2D eigenvalue weighted by Gasteiger charge is 2.00. The van der Waals surface area contributed by atoms with Crippen LogP contribution in [0.5, 0.6) is 0 Å². The molecular weight excluding hydrogens is 334 g/mol. The lowest BCUT2D eigenvalue weighted by atomic mass is 10.1. The van der Waals surface area contributed by atoms with Crippen molar-refractivity contribution in [3.63, 3.8) is 0 Å². The second-order valence-corrected chi connectivity index (χ2v) is 6.03. The lowest BCUT2D eigenvalue weighted by Gasteiger charge is -2.05. The van der Waals surface area contributed by atoms with Gasteiger partial charge in [0.25, 0.3) is 0 Å². The van der Waals surface area contributed by atoms with E-state index < -0.39 is 0 Å². The van der Waals surface area contributed by atoms with Crippen molar-refractivity contribution >= 4 is 38.3 Å². The Labute approximate surface area is 116 Å². The fraction of sp³-hybridized carbons (Fsp3) is 0.917. The summed E-state index contributed by atoms with van der Waals surface area (Å²) in [7, 11) is 0. The molecule has 0 spiro atoms. The monoisotopic (exact) mass is 355 g/mol. The predicted octanol–water partition coefficient (Wildman–Crippen LogP) is 4.01. The minimum Gasteiger partial charge on any atom is -0.359 e. The first-order chi connectivity index (χ1) is 7.81. The maximum Gasteiger partial charge on any atom is 0.207 e. The zero-order valence-corrected chi connectivity index (χ0v) is 13.1. The summed E-state index contributed by atoms with van der Waals surface area (Å²) < 4.78 is 0. The lowest BCUT2D eigenvalue weighted by Crippen LogP contribution is -2.11. The molecular formula is C12H23Br2NO. The summed E-state index contributed by atoms with van der Waals surface area (Å²) in [5.74, 6) is 0. The molecule has 1 unspecified atom stereocenters. The van der Waals surface area contributed by atoms with Crippen molar-refractivity contribution in [1.29, 1.82) is 0 Å². The van der Waals surface area contributed by atoms with Gasteiger partial charge in [-0.05, 0) is 12.8 Å². The van der Waals surface area contributed by atoms with Crippen LogP contribution in [0.15, 0.2) is 0 Å². The van der Waals surface area contributed by atoms with E-state index in [2.05, 4.69) is 37.2 Å². The molecule has 1 atom stereocenters. The first-order valence-electron chi connectivity index (χ1n) is 6.18. The Kier molecular flexibility index (Phi) is 13.9. The number of carbonyl (C=O) groups is 1. The smallest absolute Gasteiger partial charge is 0.207 e. The van der Waals surface area contributed by atoms with E-state index in [1.807, 2.05) is 0 Å². The van der Waals surface area contributed by atoms with Gasteiger partial charge in [-0.1, -0.05) is 70.4 Å². The molecule has 0 heterocycles. The van der Waals surface area contributed by atoms with Gasteiger partial charge in [-0.2, -0.15) is 0 Å². The van der Waals surface area contributed by atoms with E-state index in [0.717, 1.165) is 24.7 Å². The number of halogens is 2. The predicted molar refractivity (Wildman–Crippen MR) is 77.5 cm³/mol. The zero-order chi connectivity index (χ0) is 12.1. The van der Waals surface area contributed by atoms with E-state index >= 15 is 0 Å². The van der Waals surface area contributed by atoms with Crippen LogP contribution in [0.4, 0.5) is 0 Å². The van der Waals surface area contributed by atoms with Crippen molar-refractivity contribution in [3.8, 4) is 0 Å². The number of amides is 1. The molecule has 0 saturated heterocycles. The fourth-order valence-corrected chi connectivity index (χ4v) is 2.26. The van der Waals surface area contributed by atoms with Gasteiger partial charge < -0.3 is 5.32 Å². The van der Waals surface area contributed by atoms with Crippen LogP contribution in [0.1, 0.15) is 51.4 Å². The van der Waals surface area contributed by atoms with Gasteiger partial charge in [-0.15, -0.1) is 0 Å². The Hall–Kier alpha value is 0.430. The summed E-state index contributed by atoms with van der Waals surface area (Å²) in [5.41, 5.74) is 0. The molecule has 1 amide bonds. The largest absolute Gasteiger partial charge is 0.359 e. The molecule has 0 aliphatic heterocycles. The number of rotatable bonds is 12. The standard InChI is InChI=1S/C12H23Br2NO/c13-10-12(14)8-6-4-2-1-3-5-7-9-15-11-16/h11-12H,1-10H2,(H,15,16). The van der Waals surface area contributed by atoms with Crippen LogP contribution in [0.25, 0.3) is 0 Å².